The topological polar surface area (TPSA) is 53.2 Å². The van der Waals surface area contributed by atoms with E-state index in [2.05, 4.69) is 22.0 Å². The first-order valence-corrected chi connectivity index (χ1v) is 9.26. The monoisotopic (exact) mass is 419 g/mol. The number of nitrogens with zero attached hydrogens (tertiary/aromatic N) is 1. The standard InChI is InChI=1S/C23H18BrNO2/c1-16-10-12-17(13-11-16)23(27-22-9-5-2-6-18(22)15-25)14-21(26)19-7-3-4-8-20(19)24/h2-14,21,26H,1H3/b23-14-. The van der Waals surface area contributed by atoms with Gasteiger partial charge in [-0.2, -0.15) is 5.26 Å². The molecule has 3 nitrogen and oxygen atoms in total. The van der Waals surface area contributed by atoms with Crippen LogP contribution in [-0.4, -0.2) is 5.11 Å². The van der Waals surface area contributed by atoms with Crippen molar-refractivity contribution in [3.8, 4) is 11.8 Å². The van der Waals surface area contributed by atoms with Gasteiger partial charge in [0.2, 0.25) is 0 Å². The first-order chi connectivity index (χ1) is 13.1. The summed E-state index contributed by atoms with van der Waals surface area (Å²) in [7, 11) is 0. The maximum atomic E-state index is 10.7. The number of halogens is 1. The zero-order valence-electron chi connectivity index (χ0n) is 14.8. The van der Waals surface area contributed by atoms with Gasteiger partial charge < -0.3 is 9.84 Å². The minimum atomic E-state index is -0.869. The molecule has 0 aliphatic carbocycles. The molecule has 0 aliphatic heterocycles. The van der Waals surface area contributed by atoms with E-state index in [-0.39, 0.29) is 0 Å². The highest BCUT2D eigenvalue weighted by Gasteiger charge is 2.14. The van der Waals surface area contributed by atoms with Gasteiger partial charge in [-0.15, -0.1) is 0 Å². The van der Waals surface area contributed by atoms with Crippen LogP contribution in [0.4, 0.5) is 0 Å². The van der Waals surface area contributed by atoms with E-state index in [0.29, 0.717) is 17.1 Å². The van der Waals surface area contributed by atoms with E-state index < -0.39 is 6.10 Å². The summed E-state index contributed by atoms with van der Waals surface area (Å²) < 4.78 is 6.87. The molecule has 0 saturated heterocycles. The third-order valence-corrected chi connectivity index (χ3v) is 4.82. The molecule has 1 N–H and O–H groups in total. The number of nitriles is 1. The summed E-state index contributed by atoms with van der Waals surface area (Å²) in [5.41, 5.74) is 3.12. The van der Waals surface area contributed by atoms with E-state index in [1.54, 1.807) is 24.3 Å². The molecule has 3 aromatic rings. The second kappa shape index (κ2) is 8.68. The third kappa shape index (κ3) is 4.65. The molecule has 0 heterocycles. The molecule has 0 amide bonds. The lowest BCUT2D eigenvalue weighted by atomic mass is 10.1. The Hall–Kier alpha value is -2.87. The summed E-state index contributed by atoms with van der Waals surface area (Å²) >= 11 is 3.47. The number of rotatable bonds is 5. The molecule has 27 heavy (non-hydrogen) atoms. The van der Waals surface area contributed by atoms with Crippen LogP contribution >= 0.6 is 15.9 Å². The molecule has 0 saturated carbocycles. The minimum absolute atomic E-state index is 0.436. The number of ether oxygens (including phenoxy) is 1. The molecule has 0 bridgehead atoms. The number of aliphatic hydroxyl groups excluding tert-OH is 1. The van der Waals surface area contributed by atoms with Crippen molar-refractivity contribution in [3.63, 3.8) is 0 Å². The van der Waals surface area contributed by atoms with E-state index in [1.807, 2.05) is 61.5 Å². The molecule has 0 spiro atoms. The van der Waals surface area contributed by atoms with Crippen LogP contribution in [0.5, 0.6) is 5.75 Å². The van der Waals surface area contributed by atoms with Gasteiger partial charge in [0.15, 0.2) is 0 Å². The summed E-state index contributed by atoms with van der Waals surface area (Å²) in [5, 5.41) is 20.1. The van der Waals surface area contributed by atoms with Gasteiger partial charge in [-0.1, -0.05) is 76.1 Å². The summed E-state index contributed by atoms with van der Waals surface area (Å²) in [6, 6.07) is 24.5. The molecule has 0 aliphatic rings. The summed E-state index contributed by atoms with van der Waals surface area (Å²) in [5.74, 6) is 0.937. The molecule has 134 valence electrons. The van der Waals surface area contributed by atoms with Gasteiger partial charge >= 0.3 is 0 Å². The molecule has 3 aromatic carbocycles. The van der Waals surface area contributed by atoms with Gasteiger partial charge in [0, 0.05) is 10.0 Å². The Balaban J connectivity index is 2.03. The Morgan fingerprint density at radius 2 is 1.70 bits per heavy atom. The quantitative estimate of drug-likeness (QED) is 0.532. The molecular weight excluding hydrogens is 402 g/mol. The molecule has 4 heteroatoms. The maximum Gasteiger partial charge on any atom is 0.145 e. The summed E-state index contributed by atoms with van der Waals surface area (Å²) in [6.07, 6.45) is 0.782. The lowest BCUT2D eigenvalue weighted by Gasteiger charge is -2.15. The van der Waals surface area contributed by atoms with Crippen molar-refractivity contribution in [2.24, 2.45) is 0 Å². The van der Waals surface area contributed by atoms with Crippen molar-refractivity contribution in [1.82, 2.24) is 0 Å². The highest BCUT2D eigenvalue weighted by Crippen LogP contribution is 2.30. The van der Waals surface area contributed by atoms with Crippen molar-refractivity contribution in [2.45, 2.75) is 13.0 Å². The predicted octanol–water partition coefficient (Wildman–Crippen LogP) is 5.78. The van der Waals surface area contributed by atoms with Crippen LogP contribution in [0.3, 0.4) is 0 Å². The van der Waals surface area contributed by atoms with Gasteiger partial charge in [0.05, 0.1) is 5.56 Å². The number of para-hydroxylation sites is 1. The first-order valence-electron chi connectivity index (χ1n) is 8.47. The van der Waals surface area contributed by atoms with Gasteiger partial charge in [-0.25, -0.2) is 0 Å². The van der Waals surface area contributed by atoms with E-state index >= 15 is 0 Å². The Morgan fingerprint density at radius 1 is 1.04 bits per heavy atom. The van der Waals surface area contributed by atoms with Crippen LogP contribution < -0.4 is 4.74 Å². The van der Waals surface area contributed by atoms with Crippen LogP contribution in [0.2, 0.25) is 0 Å². The van der Waals surface area contributed by atoms with Crippen molar-refractivity contribution < 1.29 is 9.84 Å². The minimum Gasteiger partial charge on any atom is -0.456 e. The molecular formula is C23H18BrNO2. The van der Waals surface area contributed by atoms with Crippen molar-refractivity contribution in [3.05, 3.63) is 106 Å². The number of hydrogen-bond acceptors (Lipinski definition) is 3. The van der Waals surface area contributed by atoms with Gasteiger partial charge in [0.1, 0.15) is 23.7 Å². The number of benzene rings is 3. The lowest BCUT2D eigenvalue weighted by molar-refractivity contribution is 0.226. The van der Waals surface area contributed by atoms with Gasteiger partial charge in [0.25, 0.3) is 0 Å². The van der Waals surface area contributed by atoms with Gasteiger partial charge in [-0.3, -0.25) is 0 Å². The second-order valence-corrected chi connectivity index (χ2v) is 6.93. The average Bonchev–Trinajstić information content (AvgIpc) is 2.68. The fourth-order valence-electron chi connectivity index (χ4n) is 2.62. The smallest absolute Gasteiger partial charge is 0.145 e. The second-order valence-electron chi connectivity index (χ2n) is 6.07. The zero-order chi connectivity index (χ0) is 19.2. The molecule has 1 unspecified atom stereocenters. The highest BCUT2D eigenvalue weighted by molar-refractivity contribution is 9.10. The van der Waals surface area contributed by atoms with E-state index in [1.165, 1.54) is 0 Å². The molecule has 0 fully saturated rings. The van der Waals surface area contributed by atoms with Crippen LogP contribution in [-0.2, 0) is 0 Å². The Morgan fingerprint density at radius 3 is 2.41 bits per heavy atom. The van der Waals surface area contributed by atoms with Gasteiger partial charge in [-0.05, 0) is 36.8 Å². The third-order valence-electron chi connectivity index (χ3n) is 4.10. The largest absolute Gasteiger partial charge is 0.456 e. The van der Waals surface area contributed by atoms with E-state index in [4.69, 9.17) is 4.74 Å². The van der Waals surface area contributed by atoms with E-state index in [9.17, 15) is 10.4 Å². The van der Waals surface area contributed by atoms with Crippen molar-refractivity contribution in [2.75, 3.05) is 0 Å². The van der Waals surface area contributed by atoms with Crippen LogP contribution in [0, 0.1) is 18.3 Å². The highest BCUT2D eigenvalue weighted by atomic mass is 79.9. The normalized spacial score (nSPS) is 12.3. The fraction of sp³-hybridized carbons (Fsp3) is 0.0870. The predicted molar refractivity (Wildman–Crippen MR) is 110 cm³/mol. The Labute approximate surface area is 167 Å². The lowest BCUT2D eigenvalue weighted by Crippen LogP contribution is -2.02. The fourth-order valence-corrected chi connectivity index (χ4v) is 3.14. The van der Waals surface area contributed by atoms with Crippen molar-refractivity contribution in [1.29, 1.82) is 5.26 Å². The molecule has 0 aromatic heterocycles. The Bertz CT molecular complexity index is 1000. The number of hydrogen-bond donors (Lipinski definition) is 1. The molecule has 0 radical (unpaired) electrons. The Kier molecular flexibility index (Phi) is 6.08. The molecule has 3 rings (SSSR count). The maximum absolute atomic E-state index is 10.7. The van der Waals surface area contributed by atoms with Crippen LogP contribution in [0.1, 0.15) is 28.4 Å². The first kappa shape index (κ1) is 18.9. The van der Waals surface area contributed by atoms with Crippen LogP contribution in [0.25, 0.3) is 5.76 Å². The SMILES string of the molecule is Cc1ccc(/C(=C/C(O)c2ccccc2Br)Oc2ccccc2C#N)cc1. The number of aryl methyl sites for hydroxylation is 1. The van der Waals surface area contributed by atoms with Crippen LogP contribution in [0.15, 0.2) is 83.3 Å². The van der Waals surface area contributed by atoms with Crippen molar-refractivity contribution >= 4 is 21.7 Å². The number of aliphatic hydroxyl groups is 1. The average molecular weight is 420 g/mol. The van der Waals surface area contributed by atoms with E-state index in [0.717, 1.165) is 21.2 Å². The summed E-state index contributed by atoms with van der Waals surface area (Å²) in [6.45, 7) is 2.01. The zero-order valence-corrected chi connectivity index (χ0v) is 16.3. The molecule has 1 atom stereocenters. The summed E-state index contributed by atoms with van der Waals surface area (Å²) in [4.78, 5) is 0.